The van der Waals surface area contributed by atoms with Gasteiger partial charge in [0.05, 0.1) is 28.2 Å². The summed E-state index contributed by atoms with van der Waals surface area (Å²) in [5.41, 5.74) is 6.51. The Morgan fingerprint density at radius 3 is 2.27 bits per heavy atom. The van der Waals surface area contributed by atoms with Crippen LogP contribution < -0.4 is 0 Å². The molecule has 0 bridgehead atoms. The van der Waals surface area contributed by atoms with Gasteiger partial charge in [-0.15, -0.1) is 0 Å². The van der Waals surface area contributed by atoms with Crippen LogP contribution in [0.25, 0.3) is 33.1 Å². The first kappa shape index (κ1) is 14.6. The summed E-state index contributed by atoms with van der Waals surface area (Å²) in [5.74, 6) is 0. The highest BCUT2D eigenvalue weighted by Crippen LogP contribution is 2.28. The third-order valence-corrected chi connectivity index (χ3v) is 4.68. The van der Waals surface area contributed by atoms with Crippen molar-refractivity contribution in [1.29, 1.82) is 5.26 Å². The van der Waals surface area contributed by atoms with Crippen LogP contribution in [-0.2, 0) is 6.54 Å². The monoisotopic (exact) mass is 334 g/mol. The van der Waals surface area contributed by atoms with Gasteiger partial charge in [-0.05, 0) is 35.9 Å². The van der Waals surface area contributed by atoms with Gasteiger partial charge in [-0.2, -0.15) is 5.26 Å². The fourth-order valence-electron chi connectivity index (χ4n) is 3.41. The van der Waals surface area contributed by atoms with Crippen molar-refractivity contribution in [1.82, 2.24) is 14.5 Å². The minimum atomic E-state index is 0.668. The minimum absolute atomic E-state index is 0.668. The Bertz CT molecular complexity index is 1310. The van der Waals surface area contributed by atoms with Gasteiger partial charge in [0.1, 0.15) is 5.52 Å². The molecule has 0 radical (unpaired) electrons. The van der Waals surface area contributed by atoms with Gasteiger partial charge in [0.2, 0.25) is 0 Å². The molecule has 0 saturated heterocycles. The van der Waals surface area contributed by atoms with Crippen LogP contribution in [0.4, 0.5) is 0 Å². The van der Waals surface area contributed by atoms with Gasteiger partial charge in [-0.1, -0.05) is 42.5 Å². The summed E-state index contributed by atoms with van der Waals surface area (Å²) in [6, 6.07) is 26.1. The fraction of sp³-hybridized carbons (Fsp3) is 0.0455. The molecule has 0 unspecified atom stereocenters. The Balaban J connectivity index is 1.78. The third-order valence-electron chi connectivity index (χ3n) is 4.68. The maximum Gasteiger partial charge on any atom is 0.160 e. The Hall–Kier alpha value is -3.71. The summed E-state index contributed by atoms with van der Waals surface area (Å²) in [6.07, 6.45) is 0. The first-order valence-electron chi connectivity index (χ1n) is 8.46. The molecular formula is C22H14N4. The van der Waals surface area contributed by atoms with Crippen molar-refractivity contribution in [2.75, 3.05) is 0 Å². The Morgan fingerprint density at radius 2 is 1.50 bits per heavy atom. The van der Waals surface area contributed by atoms with Gasteiger partial charge < -0.3 is 4.57 Å². The van der Waals surface area contributed by atoms with Gasteiger partial charge in [0.15, 0.2) is 5.65 Å². The SMILES string of the molecule is N#Cc1ccc(Cn2c3ccccc3c3nc4ccccc4nc32)cc1. The second kappa shape index (κ2) is 5.68. The van der Waals surface area contributed by atoms with E-state index in [1.54, 1.807) is 0 Å². The van der Waals surface area contributed by atoms with Crippen LogP contribution in [0.3, 0.4) is 0 Å². The van der Waals surface area contributed by atoms with Crippen LogP contribution in [0.1, 0.15) is 11.1 Å². The van der Waals surface area contributed by atoms with E-state index in [1.165, 1.54) is 0 Å². The van der Waals surface area contributed by atoms with Gasteiger partial charge >= 0.3 is 0 Å². The molecule has 0 amide bonds. The van der Waals surface area contributed by atoms with E-state index in [1.807, 2.05) is 60.7 Å². The number of hydrogen-bond acceptors (Lipinski definition) is 3. The summed E-state index contributed by atoms with van der Waals surface area (Å²) in [5, 5.41) is 10.1. The van der Waals surface area contributed by atoms with Gasteiger partial charge in [0.25, 0.3) is 0 Å². The Morgan fingerprint density at radius 1 is 0.808 bits per heavy atom. The molecule has 5 aromatic rings. The van der Waals surface area contributed by atoms with Crippen molar-refractivity contribution in [2.24, 2.45) is 0 Å². The van der Waals surface area contributed by atoms with Crippen LogP contribution >= 0.6 is 0 Å². The van der Waals surface area contributed by atoms with Crippen LogP contribution in [0.2, 0.25) is 0 Å². The highest BCUT2D eigenvalue weighted by Gasteiger charge is 2.14. The molecule has 2 heterocycles. The maximum absolute atomic E-state index is 8.99. The predicted octanol–water partition coefficient (Wildman–Crippen LogP) is 4.66. The van der Waals surface area contributed by atoms with E-state index in [-0.39, 0.29) is 0 Å². The highest BCUT2D eigenvalue weighted by molar-refractivity contribution is 6.06. The molecule has 0 spiro atoms. The summed E-state index contributed by atoms with van der Waals surface area (Å²) in [4.78, 5) is 9.76. The lowest BCUT2D eigenvalue weighted by Crippen LogP contribution is -2.01. The molecule has 0 aliphatic heterocycles. The highest BCUT2D eigenvalue weighted by atomic mass is 15.1. The third kappa shape index (κ3) is 2.22. The van der Waals surface area contributed by atoms with Crippen molar-refractivity contribution in [3.8, 4) is 6.07 Å². The summed E-state index contributed by atoms with van der Waals surface area (Å²) in [7, 11) is 0. The summed E-state index contributed by atoms with van der Waals surface area (Å²) < 4.78 is 2.20. The van der Waals surface area contributed by atoms with Crippen molar-refractivity contribution in [2.45, 2.75) is 6.54 Å². The second-order valence-corrected chi connectivity index (χ2v) is 6.30. The zero-order valence-corrected chi connectivity index (χ0v) is 13.9. The van der Waals surface area contributed by atoms with Gasteiger partial charge in [0, 0.05) is 11.9 Å². The van der Waals surface area contributed by atoms with Crippen molar-refractivity contribution >= 4 is 33.1 Å². The van der Waals surface area contributed by atoms with E-state index in [0.29, 0.717) is 12.1 Å². The normalized spacial score (nSPS) is 11.2. The zero-order chi connectivity index (χ0) is 17.5. The molecule has 0 saturated carbocycles. The molecule has 26 heavy (non-hydrogen) atoms. The average Bonchev–Trinajstić information content (AvgIpc) is 3.00. The number of nitrogens with zero attached hydrogens (tertiary/aromatic N) is 4. The zero-order valence-electron chi connectivity index (χ0n) is 13.9. The van der Waals surface area contributed by atoms with Crippen molar-refractivity contribution < 1.29 is 0 Å². The van der Waals surface area contributed by atoms with Crippen LogP contribution in [-0.4, -0.2) is 14.5 Å². The molecule has 2 aromatic heterocycles. The standard InChI is InChI=1S/C22H14N4/c23-13-15-9-11-16(12-10-15)14-26-20-8-4-1-5-17(20)21-22(26)25-19-7-3-2-6-18(19)24-21/h1-12H,14H2. The second-order valence-electron chi connectivity index (χ2n) is 6.30. The van der Waals surface area contributed by atoms with E-state index in [2.05, 4.69) is 22.8 Å². The molecule has 4 nitrogen and oxygen atoms in total. The fourth-order valence-corrected chi connectivity index (χ4v) is 3.41. The number of nitriles is 1. The Kier molecular flexibility index (Phi) is 3.19. The molecule has 4 heteroatoms. The molecular weight excluding hydrogens is 320 g/mol. The quantitative estimate of drug-likeness (QED) is 0.472. The van der Waals surface area contributed by atoms with E-state index in [0.717, 1.165) is 38.7 Å². The molecule has 0 aliphatic rings. The summed E-state index contributed by atoms with van der Waals surface area (Å²) >= 11 is 0. The van der Waals surface area contributed by atoms with Crippen LogP contribution in [0.15, 0.2) is 72.8 Å². The van der Waals surface area contributed by atoms with Crippen LogP contribution in [0.5, 0.6) is 0 Å². The maximum atomic E-state index is 8.99. The number of para-hydroxylation sites is 3. The van der Waals surface area contributed by atoms with E-state index >= 15 is 0 Å². The van der Waals surface area contributed by atoms with E-state index in [4.69, 9.17) is 15.2 Å². The predicted molar refractivity (Wildman–Crippen MR) is 103 cm³/mol. The first-order valence-corrected chi connectivity index (χ1v) is 8.46. The minimum Gasteiger partial charge on any atom is -0.319 e. The van der Waals surface area contributed by atoms with E-state index < -0.39 is 0 Å². The molecule has 0 N–H and O–H groups in total. The molecule has 0 atom stereocenters. The summed E-state index contributed by atoms with van der Waals surface area (Å²) in [6.45, 7) is 0.683. The first-order chi connectivity index (χ1) is 12.8. The van der Waals surface area contributed by atoms with Gasteiger partial charge in [-0.3, -0.25) is 0 Å². The van der Waals surface area contributed by atoms with Crippen molar-refractivity contribution in [3.63, 3.8) is 0 Å². The number of hydrogen-bond donors (Lipinski definition) is 0. The number of benzene rings is 3. The lowest BCUT2D eigenvalue weighted by atomic mass is 10.1. The topological polar surface area (TPSA) is 54.5 Å². The van der Waals surface area contributed by atoms with Gasteiger partial charge in [-0.25, -0.2) is 9.97 Å². The molecule has 5 rings (SSSR count). The largest absolute Gasteiger partial charge is 0.319 e. The molecule has 0 fully saturated rings. The number of aromatic nitrogens is 3. The van der Waals surface area contributed by atoms with Crippen LogP contribution in [0, 0.1) is 11.3 Å². The lowest BCUT2D eigenvalue weighted by molar-refractivity contribution is 0.857. The Labute approximate surface area is 150 Å². The molecule has 122 valence electrons. The number of fused-ring (bicyclic) bond motifs is 4. The molecule has 3 aromatic carbocycles. The number of rotatable bonds is 2. The average molecular weight is 334 g/mol. The van der Waals surface area contributed by atoms with Crippen molar-refractivity contribution in [3.05, 3.63) is 83.9 Å². The lowest BCUT2D eigenvalue weighted by Gasteiger charge is -2.07. The smallest absolute Gasteiger partial charge is 0.160 e. The molecule has 0 aliphatic carbocycles. The van der Waals surface area contributed by atoms with E-state index in [9.17, 15) is 0 Å².